The van der Waals surface area contributed by atoms with Crippen LogP contribution in [0.5, 0.6) is 0 Å². The number of H-pyrrole nitrogens is 1. The monoisotopic (exact) mass is 316 g/mol. The third-order valence-electron chi connectivity index (χ3n) is 3.54. The second kappa shape index (κ2) is 6.44. The fourth-order valence-corrected chi connectivity index (χ4v) is 2.63. The summed E-state index contributed by atoms with van der Waals surface area (Å²) in [5, 5.41) is 0.989. The molecule has 0 saturated carbocycles. The van der Waals surface area contributed by atoms with E-state index in [4.69, 9.17) is 10.5 Å². The van der Waals surface area contributed by atoms with Crippen LogP contribution in [0.3, 0.4) is 0 Å². The molecule has 5 nitrogen and oxygen atoms in total. The Kier molecular flexibility index (Phi) is 4.78. The molecular weight excluding hydrogens is 292 g/mol. The smallest absolute Gasteiger partial charge is 0.306 e. The van der Waals surface area contributed by atoms with Crippen molar-refractivity contribution in [3.63, 3.8) is 0 Å². The van der Waals surface area contributed by atoms with Crippen LogP contribution in [0.4, 0.5) is 0 Å². The summed E-state index contributed by atoms with van der Waals surface area (Å²) in [6.07, 6.45) is 1.52. The summed E-state index contributed by atoms with van der Waals surface area (Å²) in [5.74, 6) is -0.708. The number of nitrogens with two attached hydrogens (primary N) is 1. The van der Waals surface area contributed by atoms with Crippen LogP contribution in [0.1, 0.15) is 55.2 Å². The molecule has 0 unspecified atom stereocenters. The zero-order chi connectivity index (χ0) is 17.2. The zero-order valence-electron chi connectivity index (χ0n) is 14.2. The number of hydrogen-bond acceptors (Lipinski definition) is 3. The topological polar surface area (TPSA) is 85.2 Å². The lowest BCUT2D eigenvalue weighted by Crippen LogP contribution is -2.23. The molecule has 1 aromatic heterocycles. The van der Waals surface area contributed by atoms with Crippen molar-refractivity contribution in [3.8, 4) is 0 Å². The van der Waals surface area contributed by atoms with Crippen molar-refractivity contribution in [2.24, 2.45) is 5.73 Å². The number of carbonyl (C=O) groups is 2. The SMILES string of the molecule is Cc1ccc2[nH]c(C(N)=O)c(CCCC(=O)OC(C)(C)C)c2c1. The second-order valence-corrected chi connectivity index (χ2v) is 6.83. The van der Waals surface area contributed by atoms with Crippen LogP contribution in [0, 0.1) is 6.92 Å². The first-order valence-electron chi connectivity index (χ1n) is 7.80. The van der Waals surface area contributed by atoms with Gasteiger partial charge in [-0.05, 0) is 58.2 Å². The summed E-state index contributed by atoms with van der Waals surface area (Å²) < 4.78 is 5.30. The lowest BCUT2D eigenvalue weighted by atomic mass is 10.0. The number of primary amides is 1. The van der Waals surface area contributed by atoms with Crippen LogP contribution in [0.25, 0.3) is 10.9 Å². The number of carbonyl (C=O) groups excluding carboxylic acids is 2. The van der Waals surface area contributed by atoms with Gasteiger partial charge in [-0.15, -0.1) is 0 Å². The molecule has 0 spiro atoms. The van der Waals surface area contributed by atoms with E-state index in [0.29, 0.717) is 25.0 Å². The minimum absolute atomic E-state index is 0.228. The molecule has 0 aliphatic heterocycles. The molecule has 0 atom stereocenters. The maximum absolute atomic E-state index is 11.8. The van der Waals surface area contributed by atoms with Crippen LogP contribution < -0.4 is 5.73 Å². The fourth-order valence-electron chi connectivity index (χ4n) is 2.63. The molecule has 0 saturated heterocycles. The molecule has 0 aliphatic carbocycles. The van der Waals surface area contributed by atoms with E-state index in [-0.39, 0.29) is 5.97 Å². The van der Waals surface area contributed by atoms with Gasteiger partial charge >= 0.3 is 5.97 Å². The van der Waals surface area contributed by atoms with Crippen molar-refractivity contribution in [3.05, 3.63) is 35.0 Å². The Balaban J connectivity index is 2.15. The summed E-state index contributed by atoms with van der Waals surface area (Å²) in [5.41, 5.74) is 8.29. The van der Waals surface area contributed by atoms with Crippen molar-refractivity contribution in [2.75, 3.05) is 0 Å². The molecule has 5 heteroatoms. The molecular formula is C18H24N2O3. The Hall–Kier alpha value is -2.30. The molecule has 1 amide bonds. The van der Waals surface area contributed by atoms with Crippen LogP contribution in [-0.4, -0.2) is 22.5 Å². The van der Waals surface area contributed by atoms with Crippen molar-refractivity contribution in [2.45, 2.75) is 52.6 Å². The summed E-state index contributed by atoms with van der Waals surface area (Å²) in [4.78, 5) is 26.5. The third kappa shape index (κ3) is 4.34. The maximum atomic E-state index is 11.8. The van der Waals surface area contributed by atoms with E-state index >= 15 is 0 Å². The van der Waals surface area contributed by atoms with Gasteiger partial charge in [-0.25, -0.2) is 0 Å². The number of rotatable bonds is 5. The molecule has 3 N–H and O–H groups in total. The number of aromatic amines is 1. The van der Waals surface area contributed by atoms with Gasteiger partial charge in [0.2, 0.25) is 0 Å². The number of esters is 1. The Morgan fingerprint density at radius 3 is 2.57 bits per heavy atom. The first-order chi connectivity index (χ1) is 10.7. The van der Waals surface area contributed by atoms with E-state index in [0.717, 1.165) is 22.0 Å². The number of amides is 1. The minimum Gasteiger partial charge on any atom is -0.460 e. The van der Waals surface area contributed by atoms with Gasteiger partial charge in [0, 0.05) is 17.3 Å². The molecule has 1 heterocycles. The van der Waals surface area contributed by atoms with Gasteiger partial charge in [-0.1, -0.05) is 11.6 Å². The third-order valence-corrected chi connectivity index (χ3v) is 3.54. The Morgan fingerprint density at radius 1 is 1.26 bits per heavy atom. The Bertz CT molecular complexity index is 739. The predicted molar refractivity (Wildman–Crippen MR) is 90.3 cm³/mol. The van der Waals surface area contributed by atoms with Gasteiger partial charge in [-0.2, -0.15) is 0 Å². The van der Waals surface area contributed by atoms with E-state index in [1.54, 1.807) is 0 Å². The lowest BCUT2D eigenvalue weighted by molar-refractivity contribution is -0.154. The van der Waals surface area contributed by atoms with Crippen LogP contribution in [0.2, 0.25) is 0 Å². The van der Waals surface area contributed by atoms with Crippen LogP contribution >= 0.6 is 0 Å². The number of aryl methyl sites for hydroxylation is 2. The predicted octanol–water partition coefficient (Wildman–Crippen LogP) is 3.24. The van der Waals surface area contributed by atoms with E-state index in [1.165, 1.54) is 0 Å². The zero-order valence-corrected chi connectivity index (χ0v) is 14.2. The minimum atomic E-state index is -0.480. The Morgan fingerprint density at radius 2 is 1.96 bits per heavy atom. The molecule has 2 aromatic rings. The first kappa shape index (κ1) is 17.1. The van der Waals surface area contributed by atoms with Gasteiger partial charge in [0.25, 0.3) is 5.91 Å². The van der Waals surface area contributed by atoms with Crippen molar-refractivity contribution in [1.82, 2.24) is 4.98 Å². The van der Waals surface area contributed by atoms with Crippen molar-refractivity contribution in [1.29, 1.82) is 0 Å². The largest absolute Gasteiger partial charge is 0.460 e. The average molecular weight is 316 g/mol. The number of hydrogen-bond donors (Lipinski definition) is 2. The molecule has 1 aromatic carbocycles. The van der Waals surface area contributed by atoms with Gasteiger partial charge in [-0.3, -0.25) is 9.59 Å². The molecule has 0 aliphatic rings. The quantitative estimate of drug-likeness (QED) is 0.830. The number of ether oxygens (including phenoxy) is 1. The second-order valence-electron chi connectivity index (χ2n) is 6.83. The maximum Gasteiger partial charge on any atom is 0.306 e. The molecule has 124 valence electrons. The van der Waals surface area contributed by atoms with Crippen molar-refractivity contribution < 1.29 is 14.3 Å². The molecule has 23 heavy (non-hydrogen) atoms. The number of fused-ring (bicyclic) bond motifs is 1. The highest BCUT2D eigenvalue weighted by molar-refractivity contribution is 6.00. The molecule has 0 bridgehead atoms. The van der Waals surface area contributed by atoms with Crippen LogP contribution in [-0.2, 0) is 16.0 Å². The number of aromatic nitrogens is 1. The summed E-state index contributed by atoms with van der Waals surface area (Å²) in [6.45, 7) is 7.54. The van der Waals surface area contributed by atoms with E-state index in [1.807, 2.05) is 45.9 Å². The van der Waals surface area contributed by atoms with Gasteiger partial charge in [0.1, 0.15) is 11.3 Å². The molecule has 0 radical (unpaired) electrons. The van der Waals surface area contributed by atoms with E-state index < -0.39 is 11.5 Å². The number of nitrogens with one attached hydrogen (secondary N) is 1. The summed E-state index contributed by atoms with van der Waals surface area (Å²) in [6, 6.07) is 5.95. The van der Waals surface area contributed by atoms with Crippen LogP contribution in [0.15, 0.2) is 18.2 Å². The Labute approximate surface area is 136 Å². The summed E-state index contributed by atoms with van der Waals surface area (Å²) >= 11 is 0. The first-order valence-corrected chi connectivity index (χ1v) is 7.80. The number of benzene rings is 1. The average Bonchev–Trinajstić information content (AvgIpc) is 2.75. The lowest BCUT2D eigenvalue weighted by Gasteiger charge is -2.19. The highest BCUT2D eigenvalue weighted by Crippen LogP contribution is 2.25. The normalized spacial score (nSPS) is 11.7. The van der Waals surface area contributed by atoms with Crippen molar-refractivity contribution >= 4 is 22.8 Å². The van der Waals surface area contributed by atoms with Gasteiger partial charge in [0.05, 0.1) is 0 Å². The fraction of sp³-hybridized carbons (Fsp3) is 0.444. The highest BCUT2D eigenvalue weighted by atomic mass is 16.6. The van der Waals surface area contributed by atoms with Gasteiger partial charge in [0.15, 0.2) is 0 Å². The molecule has 0 fully saturated rings. The summed E-state index contributed by atoms with van der Waals surface area (Å²) in [7, 11) is 0. The van der Waals surface area contributed by atoms with E-state index in [2.05, 4.69) is 4.98 Å². The standard InChI is InChI=1S/C18H24N2O3/c1-11-8-9-14-13(10-11)12(16(20-14)17(19)22)6-5-7-15(21)23-18(2,3)4/h8-10,20H,5-7H2,1-4H3,(H2,19,22). The molecule has 2 rings (SSSR count). The highest BCUT2D eigenvalue weighted by Gasteiger charge is 2.18. The van der Waals surface area contributed by atoms with E-state index in [9.17, 15) is 9.59 Å². The van der Waals surface area contributed by atoms with Gasteiger partial charge < -0.3 is 15.5 Å².